The monoisotopic (exact) mass is 370 g/mol. The maximum absolute atomic E-state index is 12.8. The molecule has 2 aliphatic heterocycles. The number of carbonyl (C=O) groups is 1. The van der Waals surface area contributed by atoms with E-state index >= 15 is 0 Å². The summed E-state index contributed by atoms with van der Waals surface area (Å²) in [4.78, 5) is 24.2. The summed E-state index contributed by atoms with van der Waals surface area (Å²) in [7, 11) is 2.23. The van der Waals surface area contributed by atoms with Crippen molar-refractivity contribution in [2.45, 2.75) is 51.1 Å². The molecule has 1 amide bonds. The van der Waals surface area contributed by atoms with Gasteiger partial charge in [-0.15, -0.1) is 0 Å². The van der Waals surface area contributed by atoms with Crippen LogP contribution in [0.4, 0.5) is 0 Å². The van der Waals surface area contributed by atoms with Gasteiger partial charge in [-0.25, -0.2) is 0 Å². The van der Waals surface area contributed by atoms with Gasteiger partial charge in [0.05, 0.1) is 0 Å². The van der Waals surface area contributed by atoms with Crippen LogP contribution in [0.5, 0.6) is 0 Å². The molecule has 4 rings (SSSR count). The first-order chi connectivity index (χ1) is 13.2. The van der Waals surface area contributed by atoms with Gasteiger partial charge >= 0.3 is 0 Å². The smallest absolute Gasteiger partial charge is 0.225 e. The predicted molar refractivity (Wildman–Crippen MR) is 107 cm³/mol. The average molecular weight is 371 g/mol. The highest BCUT2D eigenvalue weighted by molar-refractivity contribution is 5.81. The van der Waals surface area contributed by atoms with E-state index in [-0.39, 0.29) is 0 Å². The molecule has 0 radical (unpaired) electrons. The highest BCUT2D eigenvalue weighted by Crippen LogP contribution is 2.33. The number of hydrogen-bond acceptors (Lipinski definition) is 4. The summed E-state index contributed by atoms with van der Waals surface area (Å²) in [5.41, 5.74) is 1.20. The van der Waals surface area contributed by atoms with Crippen molar-refractivity contribution in [2.75, 3.05) is 39.8 Å². The molecule has 3 aliphatic rings. The van der Waals surface area contributed by atoms with E-state index < -0.39 is 0 Å². The summed E-state index contributed by atoms with van der Waals surface area (Å²) in [5.74, 6) is 1.33. The maximum atomic E-state index is 12.8. The lowest BCUT2D eigenvalue weighted by molar-refractivity contribution is -0.134. The van der Waals surface area contributed by atoms with Crippen LogP contribution in [0.3, 0.4) is 0 Å². The fraction of sp³-hybridized carbons (Fsp3) is 0.727. The zero-order chi connectivity index (χ0) is 18.6. The van der Waals surface area contributed by atoms with Gasteiger partial charge in [-0.2, -0.15) is 0 Å². The van der Waals surface area contributed by atoms with Crippen LogP contribution < -0.4 is 0 Å². The summed E-state index contributed by atoms with van der Waals surface area (Å²) < 4.78 is 0. The Bertz CT molecular complexity index is 602. The molecule has 0 aromatic carbocycles. The van der Waals surface area contributed by atoms with Crippen LogP contribution in [0.1, 0.15) is 44.1 Å². The number of likely N-dealkylation sites (tertiary alicyclic amines) is 2. The van der Waals surface area contributed by atoms with Crippen molar-refractivity contribution in [1.82, 2.24) is 19.7 Å². The Morgan fingerprint density at radius 1 is 1.04 bits per heavy atom. The van der Waals surface area contributed by atoms with Crippen molar-refractivity contribution in [2.24, 2.45) is 11.8 Å². The summed E-state index contributed by atoms with van der Waals surface area (Å²) in [6, 6.07) is 4.86. The van der Waals surface area contributed by atoms with Crippen molar-refractivity contribution in [3.8, 4) is 0 Å². The Labute approximate surface area is 163 Å². The van der Waals surface area contributed by atoms with Gasteiger partial charge in [0.25, 0.3) is 0 Å². The largest absolute Gasteiger partial charge is 0.338 e. The standard InChI is InChI=1S/C22H34N4O/c1-24-12-8-21(9-13-24)25-14-6-19(7-15-25)17-26(22(27)20-2-3-20)16-18-4-10-23-11-5-18/h4-5,10-11,19-21H,2-3,6-9,12-17H2,1H3. The third-order valence-electron chi connectivity index (χ3n) is 6.69. The summed E-state index contributed by atoms with van der Waals surface area (Å²) in [5, 5.41) is 0. The van der Waals surface area contributed by atoms with E-state index in [1.807, 2.05) is 24.5 Å². The number of aromatic nitrogens is 1. The Kier molecular flexibility index (Phi) is 6.08. The first kappa shape index (κ1) is 18.9. The Hall–Kier alpha value is -1.46. The first-order valence-corrected chi connectivity index (χ1v) is 10.8. The molecule has 1 aromatic rings. The lowest BCUT2D eigenvalue weighted by Gasteiger charge is -2.42. The molecule has 2 saturated heterocycles. The second kappa shape index (κ2) is 8.70. The summed E-state index contributed by atoms with van der Waals surface area (Å²) in [6.07, 6.45) is 10.9. The molecule has 5 heteroatoms. The molecular weight excluding hydrogens is 336 g/mol. The highest BCUT2D eigenvalue weighted by Gasteiger charge is 2.35. The van der Waals surface area contributed by atoms with Crippen molar-refractivity contribution in [3.63, 3.8) is 0 Å². The van der Waals surface area contributed by atoms with Gasteiger partial charge in [0.2, 0.25) is 5.91 Å². The molecule has 1 saturated carbocycles. The molecule has 0 unspecified atom stereocenters. The van der Waals surface area contributed by atoms with Crippen LogP contribution in [0.15, 0.2) is 24.5 Å². The van der Waals surface area contributed by atoms with Gasteiger partial charge in [0, 0.05) is 37.4 Å². The van der Waals surface area contributed by atoms with Gasteiger partial charge in [-0.1, -0.05) is 0 Å². The number of hydrogen-bond donors (Lipinski definition) is 0. The minimum absolute atomic E-state index is 0.297. The molecule has 3 heterocycles. The minimum Gasteiger partial charge on any atom is -0.338 e. The molecule has 1 aliphatic carbocycles. The van der Waals surface area contributed by atoms with E-state index in [0.717, 1.165) is 32.0 Å². The number of rotatable bonds is 6. The van der Waals surface area contributed by atoms with Crippen molar-refractivity contribution < 1.29 is 4.79 Å². The van der Waals surface area contributed by atoms with E-state index in [1.54, 1.807) is 0 Å². The second-order valence-electron chi connectivity index (χ2n) is 8.86. The van der Waals surface area contributed by atoms with Crippen molar-refractivity contribution in [1.29, 1.82) is 0 Å². The Balaban J connectivity index is 1.30. The average Bonchev–Trinajstić information content (AvgIpc) is 3.54. The van der Waals surface area contributed by atoms with E-state index in [4.69, 9.17) is 0 Å². The second-order valence-corrected chi connectivity index (χ2v) is 8.86. The first-order valence-electron chi connectivity index (χ1n) is 10.8. The van der Waals surface area contributed by atoms with Gasteiger partial charge < -0.3 is 14.7 Å². The van der Waals surface area contributed by atoms with Crippen LogP contribution in [0, 0.1) is 11.8 Å². The van der Waals surface area contributed by atoms with Gasteiger partial charge in [-0.05, 0) is 95.4 Å². The zero-order valence-corrected chi connectivity index (χ0v) is 16.7. The molecule has 0 N–H and O–H groups in total. The molecule has 27 heavy (non-hydrogen) atoms. The zero-order valence-electron chi connectivity index (χ0n) is 16.7. The highest BCUT2D eigenvalue weighted by atomic mass is 16.2. The summed E-state index contributed by atoms with van der Waals surface area (Å²) >= 11 is 0. The van der Waals surface area contributed by atoms with Crippen LogP contribution in [0.25, 0.3) is 0 Å². The minimum atomic E-state index is 0.297. The maximum Gasteiger partial charge on any atom is 0.225 e. The molecule has 1 aromatic heterocycles. The Morgan fingerprint density at radius 3 is 2.33 bits per heavy atom. The Morgan fingerprint density at radius 2 is 1.70 bits per heavy atom. The van der Waals surface area contributed by atoms with E-state index in [0.29, 0.717) is 17.7 Å². The van der Waals surface area contributed by atoms with E-state index in [1.165, 1.54) is 57.4 Å². The van der Waals surface area contributed by atoms with Crippen LogP contribution in [-0.4, -0.2) is 71.4 Å². The van der Waals surface area contributed by atoms with E-state index in [9.17, 15) is 4.79 Å². The fourth-order valence-electron chi connectivity index (χ4n) is 4.70. The molecule has 148 valence electrons. The van der Waals surface area contributed by atoms with Gasteiger partial charge in [0.15, 0.2) is 0 Å². The van der Waals surface area contributed by atoms with Gasteiger partial charge in [0.1, 0.15) is 0 Å². The third kappa shape index (κ3) is 5.08. The molecule has 0 spiro atoms. The molecule has 0 bridgehead atoms. The van der Waals surface area contributed by atoms with Gasteiger partial charge in [-0.3, -0.25) is 9.78 Å². The van der Waals surface area contributed by atoms with Crippen LogP contribution >= 0.6 is 0 Å². The molecule has 3 fully saturated rings. The van der Waals surface area contributed by atoms with Crippen LogP contribution in [0.2, 0.25) is 0 Å². The quantitative estimate of drug-likeness (QED) is 0.772. The SMILES string of the molecule is CN1CCC(N2CCC(CN(Cc3ccncc3)C(=O)C3CC3)CC2)CC1. The topological polar surface area (TPSA) is 39.7 Å². The lowest BCUT2D eigenvalue weighted by atomic mass is 9.93. The lowest BCUT2D eigenvalue weighted by Crippen LogP contribution is -2.48. The number of amides is 1. The van der Waals surface area contributed by atoms with Crippen molar-refractivity contribution >= 4 is 5.91 Å². The third-order valence-corrected chi connectivity index (χ3v) is 6.69. The van der Waals surface area contributed by atoms with Crippen molar-refractivity contribution in [3.05, 3.63) is 30.1 Å². The number of piperidine rings is 2. The number of pyridine rings is 1. The molecule has 5 nitrogen and oxygen atoms in total. The van der Waals surface area contributed by atoms with E-state index in [2.05, 4.69) is 26.7 Å². The summed E-state index contributed by atoms with van der Waals surface area (Å²) in [6.45, 7) is 6.56. The number of nitrogens with zero attached hydrogens (tertiary/aromatic N) is 4. The normalized spacial score (nSPS) is 23.4. The molecular formula is C22H34N4O. The fourth-order valence-corrected chi connectivity index (χ4v) is 4.70. The predicted octanol–water partition coefficient (Wildman–Crippen LogP) is 2.63. The molecule has 0 atom stereocenters. The van der Waals surface area contributed by atoms with Crippen LogP contribution in [-0.2, 0) is 11.3 Å². The number of carbonyl (C=O) groups excluding carboxylic acids is 1.